The molecule has 27 heavy (non-hydrogen) atoms. The van der Waals surface area contributed by atoms with Crippen LogP contribution in [-0.2, 0) is 9.53 Å². The van der Waals surface area contributed by atoms with Gasteiger partial charge in [-0.1, -0.05) is 40.2 Å². The van der Waals surface area contributed by atoms with Crippen LogP contribution in [0, 0.1) is 13.8 Å². The first-order chi connectivity index (χ1) is 13.0. The number of ether oxygens (including phenoxy) is 1. The van der Waals surface area contributed by atoms with Crippen molar-refractivity contribution in [2.24, 2.45) is 0 Å². The number of amides is 1. The van der Waals surface area contributed by atoms with E-state index in [4.69, 9.17) is 4.74 Å². The van der Waals surface area contributed by atoms with E-state index in [-0.39, 0.29) is 6.61 Å². The van der Waals surface area contributed by atoms with E-state index in [0.717, 1.165) is 21.5 Å². The van der Waals surface area contributed by atoms with E-state index in [9.17, 15) is 9.59 Å². The molecule has 0 saturated heterocycles. The SMILES string of the molecule is Cc1cc(C(=O)OCC(=O)Nc2cccc(Br)c2)c(C)n1-c1ccccc1. The minimum Gasteiger partial charge on any atom is -0.452 e. The van der Waals surface area contributed by atoms with E-state index >= 15 is 0 Å². The first kappa shape index (κ1) is 18.9. The summed E-state index contributed by atoms with van der Waals surface area (Å²) in [5, 5.41) is 2.70. The summed E-state index contributed by atoms with van der Waals surface area (Å²) < 4.78 is 8.04. The normalized spacial score (nSPS) is 10.5. The van der Waals surface area contributed by atoms with Gasteiger partial charge in [-0.3, -0.25) is 4.79 Å². The van der Waals surface area contributed by atoms with Crippen LogP contribution < -0.4 is 5.32 Å². The zero-order chi connectivity index (χ0) is 19.4. The number of nitrogens with one attached hydrogen (secondary N) is 1. The summed E-state index contributed by atoms with van der Waals surface area (Å²) in [6.07, 6.45) is 0. The number of anilines is 1. The van der Waals surface area contributed by atoms with Crippen molar-refractivity contribution in [3.8, 4) is 5.69 Å². The Labute approximate surface area is 166 Å². The predicted molar refractivity (Wildman–Crippen MR) is 108 cm³/mol. The van der Waals surface area contributed by atoms with Crippen LogP contribution in [0.1, 0.15) is 21.7 Å². The number of para-hydroxylation sites is 1. The number of rotatable bonds is 5. The summed E-state index contributed by atoms with van der Waals surface area (Å²) >= 11 is 3.34. The van der Waals surface area contributed by atoms with Crippen LogP contribution >= 0.6 is 15.9 Å². The fraction of sp³-hybridized carbons (Fsp3) is 0.143. The van der Waals surface area contributed by atoms with Crippen LogP contribution in [0.4, 0.5) is 5.69 Å². The van der Waals surface area contributed by atoms with E-state index in [1.54, 1.807) is 18.2 Å². The van der Waals surface area contributed by atoms with Gasteiger partial charge in [-0.25, -0.2) is 4.79 Å². The number of hydrogen-bond donors (Lipinski definition) is 1. The third-order valence-corrected chi connectivity index (χ3v) is 4.60. The summed E-state index contributed by atoms with van der Waals surface area (Å²) in [4.78, 5) is 24.5. The highest BCUT2D eigenvalue weighted by atomic mass is 79.9. The Hall–Kier alpha value is -2.86. The molecule has 1 amide bonds. The number of hydrogen-bond acceptors (Lipinski definition) is 3. The van der Waals surface area contributed by atoms with E-state index in [2.05, 4.69) is 21.2 Å². The minimum atomic E-state index is -0.519. The smallest absolute Gasteiger partial charge is 0.340 e. The molecule has 3 aromatic rings. The van der Waals surface area contributed by atoms with Crippen LogP contribution in [0.25, 0.3) is 5.69 Å². The third kappa shape index (κ3) is 4.46. The van der Waals surface area contributed by atoms with Gasteiger partial charge in [-0.05, 0) is 50.2 Å². The lowest BCUT2D eigenvalue weighted by Gasteiger charge is -2.10. The molecule has 3 rings (SSSR count). The molecule has 1 aromatic heterocycles. The maximum Gasteiger partial charge on any atom is 0.340 e. The molecule has 0 spiro atoms. The first-order valence-corrected chi connectivity index (χ1v) is 9.22. The van der Waals surface area contributed by atoms with Crippen molar-refractivity contribution in [2.75, 3.05) is 11.9 Å². The van der Waals surface area contributed by atoms with Gasteiger partial charge in [0.05, 0.1) is 5.56 Å². The number of carbonyl (C=O) groups is 2. The molecule has 0 saturated carbocycles. The zero-order valence-corrected chi connectivity index (χ0v) is 16.6. The average molecular weight is 427 g/mol. The minimum absolute atomic E-state index is 0.347. The van der Waals surface area contributed by atoms with Crippen LogP contribution in [-0.4, -0.2) is 23.1 Å². The van der Waals surface area contributed by atoms with E-state index in [1.165, 1.54) is 0 Å². The Balaban J connectivity index is 1.67. The van der Waals surface area contributed by atoms with Crippen molar-refractivity contribution in [1.29, 1.82) is 0 Å². The van der Waals surface area contributed by atoms with Crippen molar-refractivity contribution >= 4 is 33.5 Å². The molecule has 0 bridgehead atoms. The molecule has 6 heteroatoms. The molecule has 138 valence electrons. The number of halogens is 1. The highest BCUT2D eigenvalue weighted by molar-refractivity contribution is 9.10. The fourth-order valence-electron chi connectivity index (χ4n) is 2.92. The van der Waals surface area contributed by atoms with Gasteiger partial charge in [0, 0.05) is 27.2 Å². The Morgan fingerprint density at radius 1 is 1.04 bits per heavy atom. The van der Waals surface area contributed by atoms with Gasteiger partial charge in [0.25, 0.3) is 5.91 Å². The summed E-state index contributed by atoms with van der Waals surface area (Å²) in [5.41, 5.74) is 3.75. The van der Waals surface area contributed by atoms with Crippen LogP contribution in [0.2, 0.25) is 0 Å². The van der Waals surface area contributed by atoms with Gasteiger partial charge in [0.1, 0.15) is 0 Å². The molecule has 2 aromatic carbocycles. The van der Waals surface area contributed by atoms with Crippen molar-refractivity contribution < 1.29 is 14.3 Å². The van der Waals surface area contributed by atoms with Crippen molar-refractivity contribution in [1.82, 2.24) is 4.57 Å². The summed E-state index contributed by atoms with van der Waals surface area (Å²) in [7, 11) is 0. The van der Waals surface area contributed by atoms with Gasteiger partial charge in [0.15, 0.2) is 6.61 Å². The molecule has 1 heterocycles. The van der Waals surface area contributed by atoms with Gasteiger partial charge >= 0.3 is 5.97 Å². The second-order valence-corrected chi connectivity index (χ2v) is 7.01. The Kier molecular flexibility index (Phi) is 5.76. The topological polar surface area (TPSA) is 60.3 Å². The maximum absolute atomic E-state index is 12.5. The quantitative estimate of drug-likeness (QED) is 0.603. The number of aryl methyl sites for hydroxylation is 1. The number of carbonyl (C=O) groups excluding carboxylic acids is 2. The molecule has 0 fully saturated rings. The number of nitrogens with zero attached hydrogens (tertiary/aromatic N) is 1. The second-order valence-electron chi connectivity index (χ2n) is 6.09. The monoisotopic (exact) mass is 426 g/mol. The zero-order valence-electron chi connectivity index (χ0n) is 15.0. The lowest BCUT2D eigenvalue weighted by atomic mass is 10.2. The largest absolute Gasteiger partial charge is 0.452 e. The van der Waals surface area contributed by atoms with Crippen LogP contribution in [0.5, 0.6) is 0 Å². The third-order valence-electron chi connectivity index (χ3n) is 4.11. The summed E-state index contributed by atoms with van der Waals surface area (Å²) in [5.74, 6) is -0.909. The van der Waals surface area contributed by atoms with Gasteiger partial charge < -0.3 is 14.6 Å². The van der Waals surface area contributed by atoms with Gasteiger partial charge in [-0.2, -0.15) is 0 Å². The van der Waals surface area contributed by atoms with Crippen molar-refractivity contribution in [3.05, 3.63) is 82.1 Å². The molecule has 0 atom stereocenters. The number of esters is 1. The molecule has 0 radical (unpaired) electrons. The van der Waals surface area contributed by atoms with Gasteiger partial charge in [-0.15, -0.1) is 0 Å². The maximum atomic E-state index is 12.5. The summed E-state index contributed by atoms with van der Waals surface area (Å²) in [6, 6.07) is 18.7. The molecule has 0 aliphatic heterocycles. The molecule has 5 nitrogen and oxygen atoms in total. The van der Waals surface area contributed by atoms with E-state index < -0.39 is 11.9 Å². The molecule has 0 aliphatic carbocycles. The van der Waals surface area contributed by atoms with E-state index in [1.807, 2.05) is 60.9 Å². The van der Waals surface area contributed by atoms with Gasteiger partial charge in [0.2, 0.25) is 0 Å². The highest BCUT2D eigenvalue weighted by Gasteiger charge is 2.18. The molecular weight excluding hydrogens is 408 g/mol. The van der Waals surface area contributed by atoms with Crippen LogP contribution in [0.15, 0.2) is 65.1 Å². The number of aromatic nitrogens is 1. The lowest BCUT2D eigenvalue weighted by Crippen LogP contribution is -2.21. The molecule has 0 aliphatic rings. The predicted octanol–water partition coefficient (Wildman–Crippen LogP) is 4.65. The highest BCUT2D eigenvalue weighted by Crippen LogP contribution is 2.21. The molecular formula is C21H19BrN2O3. The van der Waals surface area contributed by atoms with Crippen molar-refractivity contribution in [3.63, 3.8) is 0 Å². The Bertz CT molecular complexity index is 980. The first-order valence-electron chi connectivity index (χ1n) is 8.42. The van der Waals surface area contributed by atoms with E-state index in [0.29, 0.717) is 11.3 Å². The lowest BCUT2D eigenvalue weighted by molar-refractivity contribution is -0.119. The Morgan fingerprint density at radius 3 is 2.48 bits per heavy atom. The fourth-order valence-corrected chi connectivity index (χ4v) is 3.32. The Morgan fingerprint density at radius 2 is 1.78 bits per heavy atom. The standard InChI is InChI=1S/C21H19BrN2O3/c1-14-11-19(15(2)24(14)18-9-4-3-5-10-18)21(26)27-13-20(25)23-17-8-6-7-16(22)12-17/h3-12H,13H2,1-2H3,(H,23,25). The molecule has 0 unspecified atom stereocenters. The van der Waals surface area contributed by atoms with Crippen molar-refractivity contribution in [2.45, 2.75) is 13.8 Å². The second kappa shape index (κ2) is 8.22. The average Bonchev–Trinajstić information content (AvgIpc) is 2.95. The number of benzene rings is 2. The molecule has 1 N–H and O–H groups in total. The van der Waals surface area contributed by atoms with Crippen LogP contribution in [0.3, 0.4) is 0 Å². The summed E-state index contributed by atoms with van der Waals surface area (Å²) in [6.45, 7) is 3.44.